The quantitative estimate of drug-likeness (QED) is 0.753. The van der Waals surface area contributed by atoms with Gasteiger partial charge in [0.2, 0.25) is 0 Å². The average Bonchev–Trinajstić information content (AvgIpc) is 2.82. The number of imidazole rings is 1. The van der Waals surface area contributed by atoms with Crippen molar-refractivity contribution >= 4 is 27.5 Å². The van der Waals surface area contributed by atoms with Crippen molar-refractivity contribution in [1.29, 1.82) is 0 Å². The maximum atomic E-state index is 11.9. The first kappa shape index (κ1) is 11.7. The summed E-state index contributed by atoms with van der Waals surface area (Å²) in [5.41, 5.74) is 6.75. The highest BCUT2D eigenvalue weighted by Crippen LogP contribution is 2.23. The van der Waals surface area contributed by atoms with E-state index in [0.717, 1.165) is 0 Å². The van der Waals surface area contributed by atoms with E-state index < -0.39 is 0 Å². The molecule has 0 aliphatic rings. The Kier molecular flexibility index (Phi) is 3.43. The van der Waals surface area contributed by atoms with Crippen LogP contribution < -0.4 is 11.1 Å². The fourth-order valence-corrected chi connectivity index (χ4v) is 1.82. The zero-order chi connectivity index (χ0) is 12.3. The van der Waals surface area contributed by atoms with Crippen LogP contribution in [-0.4, -0.2) is 15.9 Å². The van der Waals surface area contributed by atoms with Gasteiger partial charge in [-0.15, -0.1) is 0 Å². The van der Waals surface area contributed by atoms with E-state index in [1.54, 1.807) is 30.6 Å². The number of rotatable bonds is 3. The Labute approximate surface area is 107 Å². The Morgan fingerprint density at radius 3 is 3.06 bits per heavy atom. The Bertz CT molecular complexity index is 524. The monoisotopic (exact) mass is 294 g/mol. The molecule has 0 fully saturated rings. The van der Waals surface area contributed by atoms with Crippen molar-refractivity contribution < 1.29 is 4.79 Å². The molecule has 0 aliphatic carbocycles. The van der Waals surface area contributed by atoms with Crippen LogP contribution in [0.3, 0.4) is 0 Å². The predicted octanol–water partition coefficient (Wildman–Crippen LogP) is 1.68. The summed E-state index contributed by atoms with van der Waals surface area (Å²) >= 11 is 3.29. The number of carbonyl (C=O) groups excluding carboxylic acids is 1. The molecule has 17 heavy (non-hydrogen) atoms. The first-order chi connectivity index (χ1) is 8.18. The number of aromatic nitrogens is 2. The van der Waals surface area contributed by atoms with Gasteiger partial charge in [0.1, 0.15) is 5.82 Å². The third-order valence-electron chi connectivity index (χ3n) is 2.24. The van der Waals surface area contributed by atoms with Crippen molar-refractivity contribution in [3.63, 3.8) is 0 Å². The number of nitrogens with one attached hydrogen (secondary N) is 2. The van der Waals surface area contributed by atoms with Crippen LogP contribution in [0, 0.1) is 0 Å². The summed E-state index contributed by atoms with van der Waals surface area (Å²) in [6.07, 6.45) is 3.34. The molecule has 4 N–H and O–H groups in total. The van der Waals surface area contributed by atoms with Crippen LogP contribution in [-0.2, 0) is 6.54 Å². The van der Waals surface area contributed by atoms with Crippen LogP contribution in [0.15, 0.2) is 35.1 Å². The molecule has 0 radical (unpaired) electrons. The van der Waals surface area contributed by atoms with Crippen molar-refractivity contribution in [1.82, 2.24) is 15.3 Å². The second kappa shape index (κ2) is 5.01. The molecule has 0 bridgehead atoms. The van der Waals surface area contributed by atoms with E-state index in [1.165, 1.54) is 0 Å². The molecule has 0 saturated carbocycles. The van der Waals surface area contributed by atoms with Gasteiger partial charge in [0.15, 0.2) is 0 Å². The minimum Gasteiger partial charge on any atom is -0.398 e. The molecule has 2 aromatic rings. The first-order valence-corrected chi connectivity index (χ1v) is 5.78. The number of nitrogens with zero attached hydrogens (tertiary/aromatic N) is 1. The third-order valence-corrected chi connectivity index (χ3v) is 3.13. The molecule has 0 unspecified atom stereocenters. The zero-order valence-electron chi connectivity index (χ0n) is 8.90. The number of nitrogens with two attached hydrogens (primary N) is 1. The number of amides is 1. The Morgan fingerprint density at radius 1 is 1.53 bits per heavy atom. The van der Waals surface area contributed by atoms with Gasteiger partial charge in [-0.1, -0.05) is 6.07 Å². The summed E-state index contributed by atoms with van der Waals surface area (Å²) in [6, 6.07) is 5.17. The van der Waals surface area contributed by atoms with E-state index in [9.17, 15) is 4.79 Å². The van der Waals surface area contributed by atoms with Gasteiger partial charge in [0, 0.05) is 18.1 Å². The van der Waals surface area contributed by atoms with Crippen molar-refractivity contribution in [3.8, 4) is 0 Å². The topological polar surface area (TPSA) is 83.8 Å². The van der Waals surface area contributed by atoms with Crippen LogP contribution in [0.5, 0.6) is 0 Å². The summed E-state index contributed by atoms with van der Waals surface area (Å²) < 4.78 is 0.608. The lowest BCUT2D eigenvalue weighted by atomic mass is 10.2. The number of halogens is 1. The van der Waals surface area contributed by atoms with Crippen molar-refractivity contribution in [2.45, 2.75) is 6.54 Å². The predicted molar refractivity (Wildman–Crippen MR) is 68.3 cm³/mol. The fourth-order valence-electron chi connectivity index (χ4n) is 1.38. The number of hydrogen-bond acceptors (Lipinski definition) is 3. The number of H-pyrrole nitrogens is 1. The Morgan fingerprint density at radius 2 is 2.35 bits per heavy atom. The second-order valence-corrected chi connectivity index (χ2v) is 4.22. The highest BCUT2D eigenvalue weighted by Gasteiger charge is 2.11. The second-order valence-electron chi connectivity index (χ2n) is 3.43. The normalized spacial score (nSPS) is 10.2. The lowest BCUT2D eigenvalue weighted by Gasteiger charge is -2.07. The maximum Gasteiger partial charge on any atom is 0.252 e. The van der Waals surface area contributed by atoms with Crippen LogP contribution in [0.25, 0.3) is 0 Å². The van der Waals surface area contributed by atoms with Crippen molar-refractivity contribution in [3.05, 3.63) is 46.5 Å². The standard InChI is InChI=1S/C11H11BrN4O/c12-10-7(2-1-3-8(10)13)11(17)16-6-9-14-4-5-15-9/h1-5H,6,13H2,(H,14,15)(H,16,17). The van der Waals surface area contributed by atoms with E-state index in [2.05, 4.69) is 31.2 Å². The Hall–Kier alpha value is -1.82. The minimum absolute atomic E-state index is 0.194. The van der Waals surface area contributed by atoms with E-state index in [-0.39, 0.29) is 5.91 Å². The molecular formula is C11H11BrN4O. The highest BCUT2D eigenvalue weighted by atomic mass is 79.9. The van der Waals surface area contributed by atoms with Gasteiger partial charge < -0.3 is 16.0 Å². The molecule has 0 aliphatic heterocycles. The maximum absolute atomic E-state index is 11.9. The van der Waals surface area contributed by atoms with E-state index >= 15 is 0 Å². The van der Waals surface area contributed by atoms with Crippen LogP contribution in [0.2, 0.25) is 0 Å². The third kappa shape index (κ3) is 2.65. The summed E-state index contributed by atoms with van der Waals surface area (Å²) in [6.45, 7) is 0.354. The van der Waals surface area contributed by atoms with E-state index in [0.29, 0.717) is 28.1 Å². The van der Waals surface area contributed by atoms with Gasteiger partial charge in [-0.05, 0) is 28.1 Å². The lowest BCUT2D eigenvalue weighted by Crippen LogP contribution is -2.23. The molecule has 0 saturated heterocycles. The number of carbonyl (C=O) groups is 1. The molecule has 1 heterocycles. The zero-order valence-corrected chi connectivity index (χ0v) is 10.5. The smallest absolute Gasteiger partial charge is 0.252 e. The SMILES string of the molecule is Nc1cccc(C(=O)NCc2ncc[nH]2)c1Br. The summed E-state index contributed by atoms with van der Waals surface area (Å²) in [5, 5.41) is 2.75. The highest BCUT2D eigenvalue weighted by molar-refractivity contribution is 9.10. The molecule has 1 aromatic heterocycles. The van der Waals surface area contributed by atoms with Crippen molar-refractivity contribution in [2.75, 3.05) is 5.73 Å². The number of hydrogen-bond donors (Lipinski definition) is 3. The largest absolute Gasteiger partial charge is 0.398 e. The molecule has 1 aromatic carbocycles. The molecular weight excluding hydrogens is 284 g/mol. The van der Waals surface area contributed by atoms with Crippen LogP contribution in [0.1, 0.15) is 16.2 Å². The number of anilines is 1. The molecule has 5 nitrogen and oxygen atoms in total. The minimum atomic E-state index is -0.194. The van der Waals surface area contributed by atoms with Gasteiger partial charge in [0.05, 0.1) is 16.6 Å². The van der Waals surface area contributed by atoms with Crippen molar-refractivity contribution in [2.24, 2.45) is 0 Å². The number of nitrogen functional groups attached to an aromatic ring is 1. The Balaban J connectivity index is 2.07. The molecule has 0 spiro atoms. The molecule has 1 amide bonds. The molecule has 88 valence electrons. The van der Waals surface area contributed by atoms with Gasteiger partial charge in [0.25, 0.3) is 5.91 Å². The first-order valence-electron chi connectivity index (χ1n) is 4.99. The summed E-state index contributed by atoms with van der Waals surface area (Å²) in [4.78, 5) is 18.8. The van der Waals surface area contributed by atoms with Gasteiger partial charge in [-0.25, -0.2) is 4.98 Å². The van der Waals surface area contributed by atoms with Gasteiger partial charge in [-0.2, -0.15) is 0 Å². The number of benzene rings is 1. The average molecular weight is 295 g/mol. The molecule has 6 heteroatoms. The fraction of sp³-hybridized carbons (Fsp3) is 0.0909. The van der Waals surface area contributed by atoms with Gasteiger partial charge >= 0.3 is 0 Å². The van der Waals surface area contributed by atoms with E-state index in [1.807, 2.05) is 0 Å². The van der Waals surface area contributed by atoms with Crippen LogP contribution >= 0.6 is 15.9 Å². The molecule has 2 rings (SSSR count). The van der Waals surface area contributed by atoms with E-state index in [4.69, 9.17) is 5.73 Å². The van der Waals surface area contributed by atoms with Crippen LogP contribution in [0.4, 0.5) is 5.69 Å². The van der Waals surface area contributed by atoms with Gasteiger partial charge in [-0.3, -0.25) is 4.79 Å². The lowest BCUT2D eigenvalue weighted by molar-refractivity contribution is 0.0949. The summed E-state index contributed by atoms with van der Waals surface area (Å²) in [7, 11) is 0. The summed E-state index contributed by atoms with van der Waals surface area (Å²) in [5.74, 6) is 0.513. The molecule has 0 atom stereocenters. The number of aromatic amines is 1.